The quantitative estimate of drug-likeness (QED) is 0.778. The highest BCUT2D eigenvalue weighted by Gasteiger charge is 2.04. The van der Waals surface area contributed by atoms with Crippen molar-refractivity contribution < 1.29 is 9.84 Å². The molecule has 0 aliphatic heterocycles. The number of rotatable bonds is 5. The summed E-state index contributed by atoms with van der Waals surface area (Å²) in [5.41, 5.74) is 1.19. The zero-order valence-electron chi connectivity index (χ0n) is 9.58. The van der Waals surface area contributed by atoms with Crippen molar-refractivity contribution in [1.82, 2.24) is 5.32 Å². The number of methoxy groups -OCH3 is 1. The fourth-order valence-corrected chi connectivity index (χ4v) is 1.41. The Labute approximate surface area is 91.1 Å². The predicted octanol–water partition coefficient (Wildman–Crippen LogP) is 1.94. The van der Waals surface area contributed by atoms with Gasteiger partial charge in [-0.2, -0.15) is 0 Å². The Morgan fingerprint density at radius 3 is 2.80 bits per heavy atom. The molecule has 1 aromatic rings. The van der Waals surface area contributed by atoms with Crippen LogP contribution in [-0.2, 0) is 6.42 Å². The summed E-state index contributed by atoms with van der Waals surface area (Å²) in [4.78, 5) is 0. The SMILES string of the molecule is CNC(C)CCc1ccc(O)c(OC)c1. The molecule has 0 saturated carbocycles. The van der Waals surface area contributed by atoms with E-state index in [0.717, 1.165) is 12.8 Å². The molecule has 0 aliphatic carbocycles. The van der Waals surface area contributed by atoms with Gasteiger partial charge in [0.15, 0.2) is 11.5 Å². The maximum Gasteiger partial charge on any atom is 0.160 e. The molecule has 0 radical (unpaired) electrons. The van der Waals surface area contributed by atoms with Crippen molar-refractivity contribution in [2.24, 2.45) is 0 Å². The van der Waals surface area contributed by atoms with E-state index in [2.05, 4.69) is 12.2 Å². The Hall–Kier alpha value is -1.22. The summed E-state index contributed by atoms with van der Waals surface area (Å²) < 4.78 is 5.05. The molecule has 3 nitrogen and oxygen atoms in total. The van der Waals surface area contributed by atoms with Gasteiger partial charge in [0.1, 0.15) is 0 Å². The first-order valence-electron chi connectivity index (χ1n) is 5.20. The minimum absolute atomic E-state index is 0.197. The van der Waals surface area contributed by atoms with Crippen LogP contribution in [0.3, 0.4) is 0 Å². The van der Waals surface area contributed by atoms with Gasteiger partial charge in [-0.1, -0.05) is 6.07 Å². The Bertz CT molecular complexity index is 312. The molecule has 15 heavy (non-hydrogen) atoms. The van der Waals surface area contributed by atoms with Crippen molar-refractivity contribution in [2.45, 2.75) is 25.8 Å². The van der Waals surface area contributed by atoms with E-state index in [0.29, 0.717) is 11.8 Å². The highest BCUT2D eigenvalue weighted by atomic mass is 16.5. The fraction of sp³-hybridized carbons (Fsp3) is 0.500. The summed E-state index contributed by atoms with van der Waals surface area (Å²) in [6.07, 6.45) is 2.06. The number of phenolic OH excluding ortho intramolecular Hbond substituents is 1. The number of ether oxygens (including phenoxy) is 1. The molecule has 0 amide bonds. The van der Waals surface area contributed by atoms with E-state index in [4.69, 9.17) is 4.74 Å². The second kappa shape index (κ2) is 5.61. The van der Waals surface area contributed by atoms with Crippen molar-refractivity contribution in [3.63, 3.8) is 0 Å². The van der Waals surface area contributed by atoms with Crippen LogP contribution in [0.5, 0.6) is 11.5 Å². The number of hydrogen-bond acceptors (Lipinski definition) is 3. The third-order valence-electron chi connectivity index (χ3n) is 2.60. The van der Waals surface area contributed by atoms with Gasteiger partial charge >= 0.3 is 0 Å². The predicted molar refractivity (Wildman–Crippen MR) is 61.5 cm³/mol. The standard InChI is InChI=1S/C12H19NO2/c1-9(13-2)4-5-10-6-7-11(14)12(8-10)15-3/h6-9,13-14H,4-5H2,1-3H3. The maximum absolute atomic E-state index is 9.42. The van der Waals surface area contributed by atoms with E-state index < -0.39 is 0 Å². The van der Waals surface area contributed by atoms with Gasteiger partial charge in [0.05, 0.1) is 7.11 Å². The third kappa shape index (κ3) is 3.44. The Kier molecular flexibility index (Phi) is 4.43. The fourth-order valence-electron chi connectivity index (χ4n) is 1.41. The highest BCUT2D eigenvalue weighted by molar-refractivity contribution is 5.41. The van der Waals surface area contributed by atoms with Crippen LogP contribution < -0.4 is 10.1 Å². The van der Waals surface area contributed by atoms with Crippen LogP contribution >= 0.6 is 0 Å². The summed E-state index contributed by atoms with van der Waals surface area (Å²) in [7, 11) is 3.52. The average molecular weight is 209 g/mol. The Morgan fingerprint density at radius 2 is 2.20 bits per heavy atom. The Balaban J connectivity index is 2.62. The molecule has 0 aliphatic rings. The van der Waals surface area contributed by atoms with E-state index in [1.807, 2.05) is 19.2 Å². The molecule has 0 heterocycles. The second-order valence-corrected chi connectivity index (χ2v) is 3.73. The van der Waals surface area contributed by atoms with Gasteiger partial charge in [0.25, 0.3) is 0 Å². The number of aromatic hydroxyl groups is 1. The summed E-state index contributed by atoms with van der Waals surface area (Å²) in [5, 5.41) is 12.6. The summed E-state index contributed by atoms with van der Waals surface area (Å²) in [6, 6.07) is 6.00. The highest BCUT2D eigenvalue weighted by Crippen LogP contribution is 2.26. The smallest absolute Gasteiger partial charge is 0.160 e. The van der Waals surface area contributed by atoms with Crippen molar-refractivity contribution in [2.75, 3.05) is 14.2 Å². The van der Waals surface area contributed by atoms with Gasteiger partial charge in [0, 0.05) is 6.04 Å². The number of nitrogens with one attached hydrogen (secondary N) is 1. The molecule has 0 bridgehead atoms. The zero-order chi connectivity index (χ0) is 11.3. The van der Waals surface area contributed by atoms with Crippen molar-refractivity contribution >= 4 is 0 Å². The van der Waals surface area contributed by atoms with Crippen LogP contribution in [0.25, 0.3) is 0 Å². The molecule has 1 unspecified atom stereocenters. The summed E-state index contributed by atoms with van der Waals surface area (Å²) in [6.45, 7) is 2.15. The molecule has 2 N–H and O–H groups in total. The largest absolute Gasteiger partial charge is 0.504 e. The summed E-state index contributed by atoms with van der Waals surface area (Å²) in [5.74, 6) is 0.743. The van der Waals surface area contributed by atoms with Crippen LogP contribution in [0.15, 0.2) is 18.2 Å². The molecular weight excluding hydrogens is 190 g/mol. The van der Waals surface area contributed by atoms with E-state index >= 15 is 0 Å². The lowest BCUT2D eigenvalue weighted by atomic mass is 10.1. The van der Waals surface area contributed by atoms with Crippen LogP contribution in [0.4, 0.5) is 0 Å². The van der Waals surface area contributed by atoms with Crippen molar-refractivity contribution in [3.05, 3.63) is 23.8 Å². The molecule has 0 aromatic heterocycles. The van der Waals surface area contributed by atoms with Gasteiger partial charge < -0.3 is 15.2 Å². The third-order valence-corrected chi connectivity index (χ3v) is 2.60. The lowest BCUT2D eigenvalue weighted by Gasteiger charge is -2.10. The molecule has 3 heteroatoms. The Morgan fingerprint density at radius 1 is 1.47 bits per heavy atom. The van der Waals surface area contributed by atoms with Crippen LogP contribution in [0, 0.1) is 0 Å². The normalized spacial score (nSPS) is 12.5. The van der Waals surface area contributed by atoms with Gasteiger partial charge in [-0.3, -0.25) is 0 Å². The average Bonchev–Trinajstić information content (AvgIpc) is 2.27. The van der Waals surface area contributed by atoms with Gasteiger partial charge in [-0.25, -0.2) is 0 Å². The number of phenols is 1. The first kappa shape index (κ1) is 11.9. The van der Waals surface area contributed by atoms with Crippen molar-refractivity contribution in [3.8, 4) is 11.5 Å². The minimum Gasteiger partial charge on any atom is -0.504 e. The zero-order valence-corrected chi connectivity index (χ0v) is 9.58. The van der Waals surface area contributed by atoms with Crippen LogP contribution in [-0.4, -0.2) is 25.3 Å². The van der Waals surface area contributed by atoms with E-state index in [1.165, 1.54) is 5.56 Å². The maximum atomic E-state index is 9.42. The first-order valence-corrected chi connectivity index (χ1v) is 5.20. The van der Waals surface area contributed by atoms with Gasteiger partial charge in [0.2, 0.25) is 0 Å². The molecule has 0 fully saturated rings. The number of benzene rings is 1. The molecule has 84 valence electrons. The van der Waals surface area contributed by atoms with Crippen LogP contribution in [0.2, 0.25) is 0 Å². The lowest BCUT2D eigenvalue weighted by Crippen LogP contribution is -2.21. The topological polar surface area (TPSA) is 41.5 Å². The molecule has 0 saturated heterocycles. The number of hydrogen-bond donors (Lipinski definition) is 2. The van der Waals surface area contributed by atoms with E-state index in [1.54, 1.807) is 13.2 Å². The molecule has 0 spiro atoms. The molecule has 1 atom stereocenters. The molecule has 1 aromatic carbocycles. The van der Waals surface area contributed by atoms with Crippen molar-refractivity contribution in [1.29, 1.82) is 0 Å². The molecular formula is C12H19NO2. The van der Waals surface area contributed by atoms with E-state index in [9.17, 15) is 5.11 Å². The van der Waals surface area contributed by atoms with E-state index in [-0.39, 0.29) is 5.75 Å². The van der Waals surface area contributed by atoms with Gasteiger partial charge in [-0.15, -0.1) is 0 Å². The summed E-state index contributed by atoms with van der Waals surface area (Å²) >= 11 is 0. The monoisotopic (exact) mass is 209 g/mol. The minimum atomic E-state index is 0.197. The lowest BCUT2D eigenvalue weighted by molar-refractivity contribution is 0.373. The second-order valence-electron chi connectivity index (χ2n) is 3.73. The first-order chi connectivity index (χ1) is 7.17. The number of aryl methyl sites for hydroxylation is 1. The molecule has 1 rings (SSSR count). The van der Waals surface area contributed by atoms with Crippen LogP contribution in [0.1, 0.15) is 18.9 Å². The van der Waals surface area contributed by atoms with Gasteiger partial charge in [-0.05, 0) is 44.5 Å².